The summed E-state index contributed by atoms with van der Waals surface area (Å²) < 4.78 is 36.2. The average molecular weight is 545 g/mol. The van der Waals surface area contributed by atoms with Crippen LogP contribution in [-0.2, 0) is 30.4 Å². The van der Waals surface area contributed by atoms with Crippen molar-refractivity contribution in [2.24, 2.45) is 5.92 Å². The summed E-state index contributed by atoms with van der Waals surface area (Å²) in [6.07, 6.45) is -0.466. The summed E-state index contributed by atoms with van der Waals surface area (Å²) in [5.41, 5.74) is 1.70. The quantitative estimate of drug-likeness (QED) is 0.501. The minimum atomic E-state index is -0.857. The highest BCUT2D eigenvalue weighted by atomic mass is 16.6. The molecule has 0 saturated carbocycles. The van der Waals surface area contributed by atoms with E-state index >= 15 is 0 Å². The van der Waals surface area contributed by atoms with Gasteiger partial charge in [-0.2, -0.15) is 0 Å². The third-order valence-corrected chi connectivity index (χ3v) is 9.10. The lowest BCUT2D eigenvalue weighted by Crippen LogP contribution is -2.56. The molecule has 40 heavy (non-hydrogen) atoms. The van der Waals surface area contributed by atoms with E-state index in [4.69, 9.17) is 28.4 Å². The molecule has 208 valence electrons. The van der Waals surface area contributed by atoms with Crippen molar-refractivity contribution in [1.82, 2.24) is 0 Å². The predicted octanol–water partition coefficient (Wildman–Crippen LogP) is 4.76. The summed E-state index contributed by atoms with van der Waals surface area (Å²) in [6, 6.07) is 11.4. The second-order valence-electron chi connectivity index (χ2n) is 12.1. The van der Waals surface area contributed by atoms with Crippen LogP contribution >= 0.6 is 0 Å². The fraction of sp³-hybridized carbons (Fsp3) is 0.438. The first kappa shape index (κ1) is 25.2. The molecule has 0 radical (unpaired) electrons. The molecule has 0 saturated heterocycles. The van der Waals surface area contributed by atoms with Crippen LogP contribution in [0.15, 0.2) is 59.1 Å². The van der Waals surface area contributed by atoms with Gasteiger partial charge in [0.2, 0.25) is 11.6 Å². The van der Waals surface area contributed by atoms with Crippen LogP contribution in [0.1, 0.15) is 56.2 Å². The number of hydrogen-bond acceptors (Lipinski definition) is 8. The lowest BCUT2D eigenvalue weighted by Gasteiger charge is -2.52. The van der Waals surface area contributed by atoms with Crippen LogP contribution in [0.5, 0.6) is 17.2 Å². The maximum absolute atomic E-state index is 14.5. The third kappa shape index (κ3) is 3.35. The van der Waals surface area contributed by atoms with Crippen LogP contribution in [0.25, 0.3) is 0 Å². The predicted molar refractivity (Wildman–Crippen MR) is 143 cm³/mol. The van der Waals surface area contributed by atoms with Gasteiger partial charge in [0, 0.05) is 29.4 Å². The summed E-state index contributed by atoms with van der Waals surface area (Å²) >= 11 is 0. The van der Waals surface area contributed by atoms with E-state index in [9.17, 15) is 9.59 Å². The Hall–Kier alpha value is -3.78. The molecular weight excluding hydrogens is 512 g/mol. The summed E-state index contributed by atoms with van der Waals surface area (Å²) in [5, 5.41) is 0. The normalized spacial score (nSPS) is 28.9. The lowest BCUT2D eigenvalue weighted by molar-refractivity contribution is -0.155. The molecule has 7 rings (SSSR count). The Morgan fingerprint density at radius 3 is 2.05 bits per heavy atom. The number of hydrogen-bond donors (Lipinski definition) is 0. The van der Waals surface area contributed by atoms with Gasteiger partial charge in [-0.15, -0.1) is 0 Å². The fourth-order valence-electron chi connectivity index (χ4n) is 7.08. The maximum atomic E-state index is 14.5. The molecule has 0 fully saturated rings. The molecule has 4 heterocycles. The van der Waals surface area contributed by atoms with Gasteiger partial charge in [-0.3, -0.25) is 9.59 Å². The van der Waals surface area contributed by atoms with Gasteiger partial charge in [0.05, 0.1) is 38.6 Å². The number of allylic oxidation sites excluding steroid dienone is 2. The zero-order chi connectivity index (χ0) is 28.1. The average Bonchev–Trinajstić information content (AvgIpc) is 2.94. The number of ketones is 2. The Morgan fingerprint density at radius 1 is 0.775 bits per heavy atom. The van der Waals surface area contributed by atoms with Crippen molar-refractivity contribution in [3.05, 3.63) is 75.8 Å². The van der Waals surface area contributed by atoms with Crippen LogP contribution in [0, 0.1) is 5.92 Å². The van der Waals surface area contributed by atoms with E-state index in [1.54, 1.807) is 14.2 Å². The van der Waals surface area contributed by atoms with E-state index < -0.39 is 29.1 Å². The standard InChI is InChI=1S/C32H32O8/c1-31(2)20-14-37-21-12-17(36-6)8-10-19(21)22(20)24-26(33)29-25(27(34)28(24)39-31)23-18-9-7-16(35-5)11-15(18)13-38-30(23)32(3,4)40-29/h7-12,20,22-23,30H,13-14H2,1-6H3/t20-,22+,23+,30+/m0/s1. The number of rotatable bonds is 2. The SMILES string of the molecule is COc1ccc2c(c1)CO[C@@H]1[C@H]2C2=C(OC1(C)C)C(=O)C1=C(OC(C)(C)[C@H]3COc4cc(OC)ccc4[C@@H]13)C2=O. The molecule has 0 aromatic heterocycles. The van der Waals surface area contributed by atoms with E-state index in [1.807, 2.05) is 64.1 Å². The van der Waals surface area contributed by atoms with Crippen molar-refractivity contribution in [1.29, 1.82) is 0 Å². The van der Waals surface area contributed by atoms with Crippen molar-refractivity contribution >= 4 is 11.6 Å². The summed E-state index contributed by atoms with van der Waals surface area (Å²) in [6.45, 7) is 8.40. The van der Waals surface area contributed by atoms with Gasteiger partial charge in [0.15, 0.2) is 11.5 Å². The van der Waals surface area contributed by atoms with E-state index in [1.165, 1.54) is 0 Å². The van der Waals surface area contributed by atoms with Crippen LogP contribution in [0.4, 0.5) is 0 Å². The smallest absolute Gasteiger partial charge is 0.228 e. The molecule has 2 aromatic carbocycles. The summed E-state index contributed by atoms with van der Waals surface area (Å²) in [5.74, 6) is 0.464. The maximum Gasteiger partial charge on any atom is 0.228 e. The molecule has 0 N–H and O–H groups in total. The molecule has 0 bridgehead atoms. The van der Waals surface area contributed by atoms with Crippen LogP contribution < -0.4 is 14.2 Å². The van der Waals surface area contributed by atoms with Gasteiger partial charge in [0.1, 0.15) is 34.6 Å². The Morgan fingerprint density at radius 2 is 1.38 bits per heavy atom. The number of carbonyl (C=O) groups is 2. The monoisotopic (exact) mass is 544 g/mol. The topological polar surface area (TPSA) is 89.5 Å². The highest BCUT2D eigenvalue weighted by Gasteiger charge is 2.60. The summed E-state index contributed by atoms with van der Waals surface area (Å²) in [4.78, 5) is 29.0. The van der Waals surface area contributed by atoms with Crippen LogP contribution in [0.2, 0.25) is 0 Å². The molecule has 0 unspecified atom stereocenters. The minimum absolute atomic E-state index is 0.0888. The largest absolute Gasteiger partial charge is 0.497 e. The number of benzene rings is 2. The summed E-state index contributed by atoms with van der Waals surface area (Å²) in [7, 11) is 3.21. The molecule has 1 aliphatic carbocycles. The highest BCUT2D eigenvalue weighted by Crippen LogP contribution is 2.57. The van der Waals surface area contributed by atoms with Crippen molar-refractivity contribution in [2.75, 3.05) is 20.8 Å². The number of carbonyl (C=O) groups excluding carboxylic acids is 2. The molecule has 8 nitrogen and oxygen atoms in total. The number of ether oxygens (including phenoxy) is 6. The number of Topliss-reactive ketones (excluding diaryl/α,β-unsaturated/α-hetero) is 2. The molecule has 8 heteroatoms. The second-order valence-corrected chi connectivity index (χ2v) is 12.1. The number of methoxy groups -OCH3 is 2. The lowest BCUT2D eigenvalue weighted by atomic mass is 9.64. The first-order valence-corrected chi connectivity index (χ1v) is 13.6. The molecular formula is C32H32O8. The second kappa shape index (κ2) is 8.36. The van der Waals surface area contributed by atoms with Crippen molar-refractivity contribution < 1.29 is 38.0 Å². The molecule has 0 spiro atoms. The molecule has 4 aliphatic heterocycles. The zero-order valence-electron chi connectivity index (χ0n) is 23.5. The first-order chi connectivity index (χ1) is 19.1. The van der Waals surface area contributed by atoms with E-state index in [0.717, 1.165) is 16.7 Å². The molecule has 0 amide bonds. The number of fused-ring (bicyclic) bond motifs is 8. The van der Waals surface area contributed by atoms with Crippen LogP contribution in [0.3, 0.4) is 0 Å². The van der Waals surface area contributed by atoms with Crippen LogP contribution in [-0.4, -0.2) is 49.7 Å². The van der Waals surface area contributed by atoms with Gasteiger partial charge < -0.3 is 28.4 Å². The van der Waals surface area contributed by atoms with Gasteiger partial charge >= 0.3 is 0 Å². The van der Waals surface area contributed by atoms with Gasteiger partial charge in [0.25, 0.3) is 0 Å². The van der Waals surface area contributed by atoms with Gasteiger partial charge in [-0.1, -0.05) is 12.1 Å². The Bertz CT molecular complexity index is 1430. The Labute approximate surface area is 232 Å². The van der Waals surface area contributed by atoms with Crippen molar-refractivity contribution in [2.45, 2.75) is 63.4 Å². The molecule has 5 aliphatic rings. The minimum Gasteiger partial charge on any atom is -0.497 e. The Balaban J connectivity index is 1.41. The zero-order valence-corrected chi connectivity index (χ0v) is 23.5. The Kier molecular flexibility index (Phi) is 5.27. The van der Waals surface area contributed by atoms with E-state index in [0.29, 0.717) is 41.6 Å². The van der Waals surface area contributed by atoms with Gasteiger partial charge in [-0.25, -0.2) is 0 Å². The first-order valence-electron chi connectivity index (χ1n) is 13.6. The molecule has 2 aromatic rings. The van der Waals surface area contributed by atoms with Crippen molar-refractivity contribution in [3.63, 3.8) is 0 Å². The van der Waals surface area contributed by atoms with E-state index in [-0.39, 0.29) is 29.0 Å². The van der Waals surface area contributed by atoms with Gasteiger partial charge in [-0.05, 0) is 57.0 Å². The van der Waals surface area contributed by atoms with E-state index in [2.05, 4.69) is 0 Å². The third-order valence-electron chi connectivity index (χ3n) is 9.10. The van der Waals surface area contributed by atoms with Crippen molar-refractivity contribution in [3.8, 4) is 17.2 Å². The fourth-order valence-corrected chi connectivity index (χ4v) is 7.08. The highest BCUT2D eigenvalue weighted by molar-refractivity contribution is 6.25. The molecule has 4 atom stereocenters.